The molecule has 0 radical (unpaired) electrons. The van der Waals surface area contributed by atoms with Crippen molar-refractivity contribution in [1.29, 1.82) is 0 Å². The predicted octanol–water partition coefficient (Wildman–Crippen LogP) is 5.74. The quantitative estimate of drug-likeness (QED) is 0.267. The summed E-state index contributed by atoms with van der Waals surface area (Å²) in [5.74, 6) is -0.0250. The molecule has 0 saturated carbocycles. The van der Waals surface area contributed by atoms with E-state index in [1.54, 1.807) is 0 Å². The number of ketones is 1. The van der Waals surface area contributed by atoms with Crippen molar-refractivity contribution < 1.29 is 18.4 Å². The van der Waals surface area contributed by atoms with E-state index in [9.17, 15) is 9.36 Å². The van der Waals surface area contributed by atoms with Crippen LogP contribution in [0.1, 0.15) is 84.0 Å². The van der Waals surface area contributed by atoms with Gasteiger partial charge >= 0.3 is 7.60 Å². The third-order valence-electron chi connectivity index (χ3n) is 3.99. The first-order valence-electron chi connectivity index (χ1n) is 8.80. The van der Waals surface area contributed by atoms with Crippen molar-refractivity contribution in [1.82, 2.24) is 0 Å². The van der Waals surface area contributed by atoms with Crippen molar-refractivity contribution in [3.8, 4) is 0 Å². The van der Waals surface area contributed by atoms with Crippen LogP contribution in [0.4, 0.5) is 0 Å². The molecular weight excluding hydrogens is 299 g/mol. The number of carbonyl (C=O) groups excluding carboxylic acids is 1. The average molecular weight is 334 g/mol. The Bertz CT molecular complexity index is 310. The second-order valence-corrected chi connectivity index (χ2v) is 8.23. The lowest BCUT2D eigenvalue weighted by Crippen LogP contribution is -2.07. The molecule has 0 rings (SSSR count). The molecule has 0 aliphatic rings. The molecule has 0 aliphatic carbocycles. The van der Waals surface area contributed by atoms with Crippen LogP contribution in [0.3, 0.4) is 0 Å². The Morgan fingerprint density at radius 1 is 0.773 bits per heavy atom. The highest BCUT2D eigenvalue weighted by atomic mass is 31.2. The highest BCUT2D eigenvalue weighted by molar-refractivity contribution is 7.54. The van der Waals surface area contributed by atoms with E-state index in [2.05, 4.69) is 6.92 Å². The Hall–Kier alpha value is -0.180. The molecule has 0 aliphatic heterocycles. The molecule has 0 amide bonds. The molecule has 0 aromatic rings. The number of hydrogen-bond acceptors (Lipinski definition) is 4. The first kappa shape index (κ1) is 21.8. The van der Waals surface area contributed by atoms with Gasteiger partial charge in [-0.2, -0.15) is 0 Å². The Balaban J connectivity index is 3.39. The maximum absolute atomic E-state index is 11.8. The Morgan fingerprint density at radius 2 is 1.18 bits per heavy atom. The molecule has 0 saturated heterocycles. The molecule has 5 heteroatoms. The van der Waals surface area contributed by atoms with E-state index in [-0.39, 0.29) is 11.9 Å². The Kier molecular flexibility index (Phi) is 14.3. The lowest BCUT2D eigenvalue weighted by Gasteiger charge is -2.12. The fourth-order valence-corrected chi connectivity index (χ4v) is 3.48. The fraction of sp³-hybridized carbons (Fsp3) is 0.941. The third-order valence-corrected chi connectivity index (χ3v) is 5.84. The summed E-state index contributed by atoms with van der Waals surface area (Å²) >= 11 is 0. The summed E-state index contributed by atoms with van der Waals surface area (Å²) in [5, 5.41) is 0. The molecule has 0 aromatic heterocycles. The zero-order valence-electron chi connectivity index (χ0n) is 14.8. The van der Waals surface area contributed by atoms with Gasteiger partial charge in [-0.25, -0.2) is 0 Å². The summed E-state index contributed by atoms with van der Waals surface area (Å²) in [4.78, 5) is 11.7. The number of hydrogen-bond donors (Lipinski definition) is 0. The summed E-state index contributed by atoms with van der Waals surface area (Å²) in [6.07, 6.45) is 14.2. The van der Waals surface area contributed by atoms with Crippen LogP contribution in [0.25, 0.3) is 0 Å². The van der Waals surface area contributed by atoms with Crippen LogP contribution in [0.5, 0.6) is 0 Å². The average Bonchev–Trinajstić information content (AvgIpc) is 2.52. The summed E-state index contributed by atoms with van der Waals surface area (Å²) in [6.45, 7) is 2.24. The lowest BCUT2D eigenvalue weighted by atomic mass is 10.0. The van der Waals surface area contributed by atoms with Crippen molar-refractivity contribution in [3.63, 3.8) is 0 Å². The van der Waals surface area contributed by atoms with Crippen LogP contribution in [0.15, 0.2) is 0 Å². The van der Waals surface area contributed by atoms with Crippen LogP contribution >= 0.6 is 7.60 Å². The van der Waals surface area contributed by atoms with Crippen LogP contribution in [0.2, 0.25) is 0 Å². The smallest absolute Gasteiger partial charge is 0.312 e. The molecule has 0 unspecified atom stereocenters. The van der Waals surface area contributed by atoms with Crippen LogP contribution in [-0.4, -0.2) is 26.2 Å². The van der Waals surface area contributed by atoms with Crippen molar-refractivity contribution in [3.05, 3.63) is 0 Å². The number of unbranched alkanes of at least 4 members (excludes halogenated alkanes) is 10. The van der Waals surface area contributed by atoms with Crippen LogP contribution < -0.4 is 0 Å². The van der Waals surface area contributed by atoms with Crippen molar-refractivity contribution >= 4 is 13.4 Å². The molecule has 0 heterocycles. The lowest BCUT2D eigenvalue weighted by molar-refractivity contribution is -0.117. The molecule has 22 heavy (non-hydrogen) atoms. The van der Waals surface area contributed by atoms with Gasteiger partial charge in [-0.15, -0.1) is 0 Å². The van der Waals surface area contributed by atoms with E-state index in [1.165, 1.54) is 72.0 Å². The van der Waals surface area contributed by atoms with Gasteiger partial charge in [0.25, 0.3) is 0 Å². The zero-order chi connectivity index (χ0) is 16.7. The molecule has 0 aromatic carbocycles. The van der Waals surface area contributed by atoms with Gasteiger partial charge < -0.3 is 9.05 Å². The van der Waals surface area contributed by atoms with Gasteiger partial charge in [0.1, 0.15) is 11.9 Å². The van der Waals surface area contributed by atoms with Gasteiger partial charge in [-0.1, -0.05) is 71.1 Å². The van der Waals surface area contributed by atoms with Gasteiger partial charge in [0.05, 0.1) is 0 Å². The number of carbonyl (C=O) groups is 1. The maximum Gasteiger partial charge on any atom is 0.337 e. The normalized spacial score (nSPS) is 11.8. The highest BCUT2D eigenvalue weighted by Gasteiger charge is 2.24. The molecule has 4 nitrogen and oxygen atoms in total. The topological polar surface area (TPSA) is 52.6 Å². The monoisotopic (exact) mass is 334 g/mol. The van der Waals surface area contributed by atoms with Gasteiger partial charge in [0.15, 0.2) is 0 Å². The summed E-state index contributed by atoms with van der Waals surface area (Å²) in [5.41, 5.74) is 0. The second kappa shape index (κ2) is 14.4. The molecule has 0 fully saturated rings. The van der Waals surface area contributed by atoms with Gasteiger partial charge in [-0.05, 0) is 6.42 Å². The third kappa shape index (κ3) is 12.4. The first-order valence-corrected chi connectivity index (χ1v) is 10.5. The van der Waals surface area contributed by atoms with Gasteiger partial charge in [-0.3, -0.25) is 9.36 Å². The molecular formula is C17H35O4P. The Morgan fingerprint density at radius 3 is 1.59 bits per heavy atom. The Labute approximate surface area is 136 Å². The van der Waals surface area contributed by atoms with E-state index in [0.717, 1.165) is 12.8 Å². The van der Waals surface area contributed by atoms with Gasteiger partial charge in [0.2, 0.25) is 0 Å². The molecule has 0 atom stereocenters. The minimum Gasteiger partial charge on any atom is -0.312 e. The van der Waals surface area contributed by atoms with E-state index in [0.29, 0.717) is 6.42 Å². The highest BCUT2D eigenvalue weighted by Crippen LogP contribution is 2.46. The van der Waals surface area contributed by atoms with E-state index in [1.807, 2.05) is 0 Å². The summed E-state index contributed by atoms with van der Waals surface area (Å²) < 4.78 is 21.4. The van der Waals surface area contributed by atoms with Gasteiger partial charge in [0, 0.05) is 20.6 Å². The SMILES string of the molecule is CCCCCCCCCCCCCC(=O)CP(=O)(OC)OC. The first-order chi connectivity index (χ1) is 10.6. The van der Waals surface area contributed by atoms with Crippen molar-refractivity contribution in [2.75, 3.05) is 20.4 Å². The summed E-state index contributed by atoms with van der Waals surface area (Å²) in [6, 6.07) is 0. The van der Waals surface area contributed by atoms with Crippen molar-refractivity contribution in [2.24, 2.45) is 0 Å². The van der Waals surface area contributed by atoms with E-state index >= 15 is 0 Å². The standard InChI is InChI=1S/C17H35O4P/c1-4-5-6-7-8-9-10-11-12-13-14-15-17(18)16-22(19,20-2)21-3/h4-16H2,1-3H3. The minimum atomic E-state index is -3.17. The molecule has 0 N–H and O–H groups in total. The molecule has 0 bridgehead atoms. The number of Topliss-reactive ketones (excluding diaryl/α,β-unsaturated/α-hetero) is 1. The zero-order valence-corrected chi connectivity index (χ0v) is 15.7. The fourth-order valence-electron chi connectivity index (χ4n) is 2.49. The molecule has 132 valence electrons. The van der Waals surface area contributed by atoms with Crippen LogP contribution in [-0.2, 0) is 18.4 Å². The van der Waals surface area contributed by atoms with Crippen molar-refractivity contribution in [2.45, 2.75) is 84.0 Å². The van der Waals surface area contributed by atoms with E-state index < -0.39 is 7.60 Å². The van der Waals surface area contributed by atoms with Crippen LogP contribution in [0, 0.1) is 0 Å². The summed E-state index contributed by atoms with van der Waals surface area (Å²) in [7, 11) is -0.531. The second-order valence-electron chi connectivity index (χ2n) is 5.96. The largest absolute Gasteiger partial charge is 0.337 e. The maximum atomic E-state index is 11.8. The molecule has 0 spiro atoms. The number of rotatable bonds is 16. The predicted molar refractivity (Wildman–Crippen MR) is 92.6 cm³/mol. The minimum absolute atomic E-state index is 0.0250. The van der Waals surface area contributed by atoms with E-state index in [4.69, 9.17) is 9.05 Å².